The van der Waals surface area contributed by atoms with Crippen molar-refractivity contribution in [3.8, 4) is 0 Å². The summed E-state index contributed by atoms with van der Waals surface area (Å²) in [4.78, 5) is 0. The van der Waals surface area contributed by atoms with Crippen molar-refractivity contribution >= 4 is 0 Å². The zero-order valence-electron chi connectivity index (χ0n) is 5.33. The molecule has 0 radical (unpaired) electrons. The molecule has 0 spiro atoms. The van der Waals surface area contributed by atoms with Gasteiger partial charge in [-0.1, -0.05) is 0 Å². The fourth-order valence-corrected chi connectivity index (χ4v) is 0. The number of rotatable bonds is 0. The minimum absolute atomic E-state index is 0. The molecule has 0 saturated heterocycles. The third-order valence-corrected chi connectivity index (χ3v) is 0. The van der Waals surface area contributed by atoms with Crippen molar-refractivity contribution in [2.75, 3.05) is 0 Å². The van der Waals surface area contributed by atoms with Gasteiger partial charge in [0.25, 0.3) is 0 Å². The van der Waals surface area contributed by atoms with Gasteiger partial charge < -0.3 is 0 Å². The average Bonchev–Trinajstić information content (AvgIpc) is 0.650. The van der Waals surface area contributed by atoms with Crippen LogP contribution in [0.2, 0.25) is 0 Å². The molecule has 0 aromatic carbocycles. The van der Waals surface area contributed by atoms with Gasteiger partial charge in [0.2, 0.25) is 0 Å². The van der Waals surface area contributed by atoms with Gasteiger partial charge in [-0.25, -0.2) is 0 Å². The molecule has 0 aliphatic rings. The molecule has 0 unspecified atom stereocenters. The Bertz CT molecular complexity index is 93.5. The van der Waals surface area contributed by atoms with Crippen LogP contribution >= 0.6 is 0 Å². The van der Waals surface area contributed by atoms with E-state index in [0.29, 0.717) is 0 Å². The van der Waals surface area contributed by atoms with Gasteiger partial charge in [0.1, 0.15) is 0 Å². The molecule has 0 atom stereocenters. The van der Waals surface area contributed by atoms with Crippen LogP contribution in [0, 0.1) is 0 Å². The van der Waals surface area contributed by atoms with Crippen molar-refractivity contribution in [2.45, 2.75) is 0 Å². The van der Waals surface area contributed by atoms with E-state index in [1.165, 1.54) is 0 Å². The maximum absolute atomic E-state index is 9.99. The second-order valence-corrected chi connectivity index (χ2v) is 2.48. The van der Waals surface area contributed by atoms with Gasteiger partial charge in [-0.15, -0.1) is 0 Å². The van der Waals surface area contributed by atoms with Gasteiger partial charge in [0.15, 0.2) is 0 Å². The Morgan fingerprint density at radius 1 is 0.778 bits per heavy atom. The third kappa shape index (κ3) is 97.2. The summed E-state index contributed by atoms with van der Waals surface area (Å²) in [6.45, 7) is 0. The molecule has 0 heterocycles. The molecule has 0 amide bonds. The molecule has 0 fully saturated rings. The van der Waals surface area contributed by atoms with Crippen LogP contribution < -0.4 is 88.7 Å². The Morgan fingerprint density at radius 3 is 0.778 bits per heavy atom. The second-order valence-electron chi connectivity index (χ2n) is 0.602. The molecule has 0 rings (SSSR count). The second kappa shape index (κ2) is 6.56. The summed E-state index contributed by atoms with van der Waals surface area (Å²) in [6, 6.07) is 0. The van der Waals surface area contributed by atoms with Gasteiger partial charge >= 0.3 is 120 Å². The van der Waals surface area contributed by atoms with E-state index in [2.05, 4.69) is 0 Å². The number of hydrogen-bond acceptors (Lipinski definition) is 1. The number of halogens is 4. The van der Waals surface area contributed by atoms with Crippen LogP contribution in [0.5, 0.6) is 0 Å². The van der Waals surface area contributed by atoms with Gasteiger partial charge in [0, 0.05) is 0 Å². The van der Waals surface area contributed by atoms with E-state index in [1.807, 2.05) is 0 Å². The van der Waals surface area contributed by atoms with Crippen LogP contribution in [0.4, 0.5) is 14.1 Å². The van der Waals surface area contributed by atoms with Gasteiger partial charge in [-0.2, -0.15) is 0 Å². The monoisotopic (exact) mass is 213 g/mol. The molecule has 9 heteroatoms. The van der Waals surface area contributed by atoms with Crippen LogP contribution in [-0.4, -0.2) is 0 Å². The van der Waals surface area contributed by atoms with E-state index in [9.17, 15) is 14.1 Å². The Balaban J connectivity index is -0.0000000417. The molecule has 0 aromatic heterocycles. The molecule has 9 heavy (non-hydrogen) atoms. The van der Waals surface area contributed by atoms with E-state index in [0.717, 1.165) is 0 Å². The summed E-state index contributed by atoms with van der Waals surface area (Å²) in [7, 11) is 0. The van der Waals surface area contributed by atoms with E-state index in [4.69, 9.17) is 3.80 Å². The van der Waals surface area contributed by atoms with Crippen LogP contribution in [0.25, 0.3) is 0 Å². The van der Waals surface area contributed by atoms with Gasteiger partial charge in [0.05, 0.1) is 0 Å². The first kappa shape index (κ1) is 22.7. The van der Waals surface area contributed by atoms with Crippen molar-refractivity contribution in [2.24, 2.45) is 0 Å². The van der Waals surface area contributed by atoms with Crippen molar-refractivity contribution < 1.29 is 120 Å². The quantitative estimate of drug-likeness (QED) is 0.288. The van der Waals surface area contributed by atoms with Crippen molar-refractivity contribution in [1.29, 1.82) is 0 Å². The molecule has 43 valence electrons. The molecule has 1 nitrogen and oxygen atoms in total. The molecular weight excluding hydrogens is 213 g/mol. The van der Waals surface area contributed by atoms with E-state index in [-0.39, 0.29) is 88.7 Å². The van der Waals surface area contributed by atoms with Gasteiger partial charge in [-0.3, -0.25) is 0 Å². The molecule has 0 aromatic rings. The fourth-order valence-electron chi connectivity index (χ4n) is 0. The fraction of sp³-hybridized carbons (Fsp3) is 0. The Morgan fingerprint density at radius 2 is 0.778 bits per heavy atom. The van der Waals surface area contributed by atoms with Crippen molar-refractivity contribution in [3.63, 3.8) is 0 Å². The normalized spacial score (nSPS) is 12.7. The summed E-state index contributed by atoms with van der Waals surface area (Å²) in [5.41, 5.74) is 0. The summed E-state index contributed by atoms with van der Waals surface area (Å²) < 4.78 is 48.1. The predicted octanol–water partition coefficient (Wildman–Crippen LogP) is -7.43. The standard InChI is InChI=1S/Cr.4FH.3Na.O/h;4*1H;;;;/q+1;;;;;3*+1;/p-4. The van der Waals surface area contributed by atoms with Crippen LogP contribution in [-0.2, 0) is 17.6 Å². The SMILES string of the molecule is [Na+].[Na+].[Na+].[O]=[Cr-3]([F])([F])([F])[F]. The molecule has 0 aliphatic carbocycles. The predicted molar refractivity (Wildman–Crippen MR) is 5.12 cm³/mol. The average molecular weight is 213 g/mol. The summed E-state index contributed by atoms with van der Waals surface area (Å²) in [6.07, 6.45) is 0. The Kier molecular flexibility index (Phi) is 16.5. The molecule has 0 N–H and O–H groups in total. The first-order valence-electron chi connectivity index (χ1n) is 0.784. The van der Waals surface area contributed by atoms with Crippen molar-refractivity contribution in [3.05, 3.63) is 0 Å². The third-order valence-electron chi connectivity index (χ3n) is 0. The summed E-state index contributed by atoms with van der Waals surface area (Å²) in [5, 5.41) is 0. The molecule has 0 aliphatic heterocycles. The first-order chi connectivity index (χ1) is 2.24. The summed E-state index contributed by atoms with van der Waals surface area (Å²) in [5.74, 6) is 0. The minimum atomic E-state index is -8.62. The van der Waals surface area contributed by atoms with Gasteiger partial charge in [-0.05, 0) is 0 Å². The first-order valence-corrected chi connectivity index (χ1v) is 3.23. The van der Waals surface area contributed by atoms with Crippen LogP contribution in [0.3, 0.4) is 0 Å². The molecule has 0 bridgehead atoms. The maximum atomic E-state index is 9.99. The Hall–Kier alpha value is 3.05. The Labute approximate surface area is 118 Å². The van der Waals surface area contributed by atoms with E-state index >= 15 is 0 Å². The molecular formula is CrF4Na3O. The van der Waals surface area contributed by atoms with Crippen LogP contribution in [0.15, 0.2) is 0 Å². The number of hydrogen-bond donors (Lipinski definition) is 0. The van der Waals surface area contributed by atoms with Crippen LogP contribution in [0.1, 0.15) is 0 Å². The molecule has 0 saturated carbocycles. The zero-order chi connectivity index (χ0) is 5.45. The van der Waals surface area contributed by atoms with Crippen molar-refractivity contribution in [1.82, 2.24) is 0 Å². The topological polar surface area (TPSA) is 17.1 Å². The van der Waals surface area contributed by atoms with E-state index in [1.54, 1.807) is 0 Å². The van der Waals surface area contributed by atoms with E-state index < -0.39 is 13.8 Å². The summed E-state index contributed by atoms with van der Waals surface area (Å²) >= 11 is -8.62. The zero-order valence-corrected chi connectivity index (χ0v) is 12.6.